The molecular formula is C12H14ClF3N2. The first-order valence-electron chi connectivity index (χ1n) is 5.81. The number of hydrogen-bond acceptors (Lipinski definition) is 2. The SMILES string of the molecule is FC(F)(F)c1cc(Cl)ccc1NC1CCCNC1. The van der Waals surface area contributed by atoms with Crippen molar-refractivity contribution in [2.24, 2.45) is 0 Å². The summed E-state index contributed by atoms with van der Waals surface area (Å²) >= 11 is 5.63. The number of hydrogen-bond donors (Lipinski definition) is 2. The number of rotatable bonds is 2. The molecule has 2 N–H and O–H groups in total. The van der Waals surface area contributed by atoms with Crippen LogP contribution in [0.5, 0.6) is 0 Å². The second-order valence-corrected chi connectivity index (χ2v) is 4.81. The normalized spacial score (nSPS) is 20.8. The number of alkyl halides is 3. The molecule has 6 heteroatoms. The molecule has 1 saturated heterocycles. The molecular weight excluding hydrogens is 265 g/mol. The highest BCUT2D eigenvalue weighted by molar-refractivity contribution is 6.30. The molecule has 100 valence electrons. The third-order valence-electron chi connectivity index (χ3n) is 2.94. The summed E-state index contributed by atoms with van der Waals surface area (Å²) in [6, 6.07) is 3.84. The van der Waals surface area contributed by atoms with Gasteiger partial charge in [0.25, 0.3) is 0 Å². The van der Waals surface area contributed by atoms with E-state index in [0.717, 1.165) is 25.5 Å². The Morgan fingerprint density at radius 3 is 2.72 bits per heavy atom. The zero-order chi connectivity index (χ0) is 13.2. The van der Waals surface area contributed by atoms with Crippen molar-refractivity contribution in [1.82, 2.24) is 5.32 Å². The molecule has 0 amide bonds. The minimum absolute atomic E-state index is 0.0287. The van der Waals surface area contributed by atoms with Gasteiger partial charge in [-0.15, -0.1) is 0 Å². The molecule has 0 bridgehead atoms. The van der Waals surface area contributed by atoms with Gasteiger partial charge in [0, 0.05) is 23.3 Å². The third-order valence-corrected chi connectivity index (χ3v) is 3.18. The number of piperidine rings is 1. The second-order valence-electron chi connectivity index (χ2n) is 4.38. The maximum absolute atomic E-state index is 12.9. The molecule has 18 heavy (non-hydrogen) atoms. The fourth-order valence-electron chi connectivity index (χ4n) is 2.07. The topological polar surface area (TPSA) is 24.1 Å². The number of halogens is 4. The zero-order valence-corrected chi connectivity index (χ0v) is 10.4. The van der Waals surface area contributed by atoms with Crippen molar-refractivity contribution in [2.75, 3.05) is 18.4 Å². The van der Waals surface area contributed by atoms with Crippen molar-refractivity contribution in [3.63, 3.8) is 0 Å². The Hall–Kier alpha value is -0.940. The Balaban J connectivity index is 2.21. The van der Waals surface area contributed by atoms with Crippen LogP contribution in [0.15, 0.2) is 18.2 Å². The van der Waals surface area contributed by atoms with Gasteiger partial charge in [-0.1, -0.05) is 11.6 Å². The highest BCUT2D eigenvalue weighted by Crippen LogP contribution is 2.36. The van der Waals surface area contributed by atoms with Crippen molar-refractivity contribution in [1.29, 1.82) is 0 Å². The lowest BCUT2D eigenvalue weighted by molar-refractivity contribution is -0.137. The van der Waals surface area contributed by atoms with Crippen molar-refractivity contribution in [2.45, 2.75) is 25.1 Å². The van der Waals surface area contributed by atoms with Gasteiger partial charge in [-0.05, 0) is 37.6 Å². The highest BCUT2D eigenvalue weighted by atomic mass is 35.5. The van der Waals surface area contributed by atoms with Gasteiger partial charge in [0.05, 0.1) is 5.56 Å². The van der Waals surface area contributed by atoms with Gasteiger partial charge in [0.2, 0.25) is 0 Å². The molecule has 1 aliphatic heterocycles. The summed E-state index contributed by atoms with van der Waals surface area (Å²) in [5.41, 5.74) is -0.610. The molecule has 1 aromatic carbocycles. The van der Waals surface area contributed by atoms with Crippen LogP contribution in [0.4, 0.5) is 18.9 Å². The maximum atomic E-state index is 12.9. The summed E-state index contributed by atoms with van der Waals surface area (Å²) in [5.74, 6) is 0. The zero-order valence-electron chi connectivity index (χ0n) is 9.65. The van der Waals surface area contributed by atoms with Gasteiger partial charge in [-0.2, -0.15) is 13.2 Å². The van der Waals surface area contributed by atoms with E-state index in [0.29, 0.717) is 6.54 Å². The van der Waals surface area contributed by atoms with Crippen LogP contribution in [0.1, 0.15) is 18.4 Å². The fraction of sp³-hybridized carbons (Fsp3) is 0.500. The molecule has 2 rings (SSSR count). The van der Waals surface area contributed by atoms with E-state index in [4.69, 9.17) is 11.6 Å². The first-order chi connectivity index (χ1) is 8.47. The van der Waals surface area contributed by atoms with Crippen LogP contribution >= 0.6 is 11.6 Å². The van der Waals surface area contributed by atoms with Gasteiger partial charge in [0.1, 0.15) is 0 Å². The van der Waals surface area contributed by atoms with Crippen molar-refractivity contribution >= 4 is 17.3 Å². The molecule has 1 aliphatic rings. The molecule has 1 unspecified atom stereocenters. The minimum Gasteiger partial charge on any atom is -0.381 e. The van der Waals surface area contributed by atoms with E-state index in [1.807, 2.05) is 0 Å². The Kier molecular flexibility index (Phi) is 4.02. The molecule has 1 atom stereocenters. The lowest BCUT2D eigenvalue weighted by atomic mass is 10.1. The first-order valence-corrected chi connectivity index (χ1v) is 6.18. The predicted molar refractivity (Wildman–Crippen MR) is 66.0 cm³/mol. The lowest BCUT2D eigenvalue weighted by Gasteiger charge is -2.26. The predicted octanol–water partition coefficient (Wildman–Crippen LogP) is 3.52. The fourth-order valence-corrected chi connectivity index (χ4v) is 2.24. The molecule has 0 saturated carbocycles. The van der Waals surface area contributed by atoms with Crippen LogP contribution in [0, 0.1) is 0 Å². The molecule has 1 aromatic rings. The van der Waals surface area contributed by atoms with E-state index in [9.17, 15) is 13.2 Å². The molecule has 0 spiro atoms. The Bertz CT molecular complexity index is 414. The molecule has 1 heterocycles. The van der Waals surface area contributed by atoms with Gasteiger partial charge in [0.15, 0.2) is 0 Å². The smallest absolute Gasteiger partial charge is 0.381 e. The number of nitrogens with one attached hydrogen (secondary N) is 2. The molecule has 1 fully saturated rings. The molecule has 2 nitrogen and oxygen atoms in total. The first kappa shape index (κ1) is 13.5. The highest BCUT2D eigenvalue weighted by Gasteiger charge is 2.34. The average Bonchev–Trinajstić information content (AvgIpc) is 2.31. The quantitative estimate of drug-likeness (QED) is 0.865. The largest absolute Gasteiger partial charge is 0.418 e. The van der Waals surface area contributed by atoms with E-state index in [2.05, 4.69) is 10.6 Å². The van der Waals surface area contributed by atoms with Gasteiger partial charge < -0.3 is 10.6 Å². The molecule has 0 aliphatic carbocycles. The maximum Gasteiger partial charge on any atom is 0.418 e. The Labute approximate surface area is 109 Å². The van der Waals surface area contributed by atoms with Crippen LogP contribution in [-0.4, -0.2) is 19.1 Å². The molecule has 0 radical (unpaired) electrons. The lowest BCUT2D eigenvalue weighted by Crippen LogP contribution is -2.38. The Morgan fingerprint density at radius 1 is 1.33 bits per heavy atom. The summed E-state index contributed by atoms with van der Waals surface area (Å²) in [7, 11) is 0. The van der Waals surface area contributed by atoms with Crippen LogP contribution in [0.3, 0.4) is 0 Å². The van der Waals surface area contributed by atoms with Crippen LogP contribution < -0.4 is 10.6 Å². The minimum atomic E-state index is -4.39. The summed E-state index contributed by atoms with van der Waals surface area (Å²) in [4.78, 5) is 0. The summed E-state index contributed by atoms with van der Waals surface area (Å²) < 4.78 is 38.6. The van der Waals surface area contributed by atoms with E-state index in [-0.39, 0.29) is 16.8 Å². The van der Waals surface area contributed by atoms with E-state index in [1.165, 1.54) is 12.1 Å². The average molecular weight is 279 g/mol. The number of benzene rings is 1. The number of anilines is 1. The van der Waals surface area contributed by atoms with Gasteiger partial charge in [-0.25, -0.2) is 0 Å². The van der Waals surface area contributed by atoms with Crippen molar-refractivity contribution in [3.05, 3.63) is 28.8 Å². The van der Waals surface area contributed by atoms with E-state index >= 15 is 0 Å². The second kappa shape index (κ2) is 5.36. The van der Waals surface area contributed by atoms with Crippen molar-refractivity contribution in [3.8, 4) is 0 Å². The monoisotopic (exact) mass is 278 g/mol. The van der Waals surface area contributed by atoms with Crippen molar-refractivity contribution < 1.29 is 13.2 Å². The summed E-state index contributed by atoms with van der Waals surface area (Å²) in [6.45, 7) is 1.60. The Morgan fingerprint density at radius 2 is 2.11 bits per heavy atom. The summed E-state index contributed by atoms with van der Waals surface area (Å²) in [6.07, 6.45) is -2.56. The van der Waals surface area contributed by atoms with Gasteiger partial charge in [-0.3, -0.25) is 0 Å². The van der Waals surface area contributed by atoms with E-state index in [1.54, 1.807) is 0 Å². The third kappa shape index (κ3) is 3.29. The van der Waals surface area contributed by atoms with Crippen LogP contribution in [0.2, 0.25) is 5.02 Å². The molecule has 0 aromatic heterocycles. The van der Waals surface area contributed by atoms with Gasteiger partial charge >= 0.3 is 6.18 Å². The standard InChI is InChI=1S/C12H14ClF3N2/c13-8-3-4-11(10(6-8)12(14,15)16)18-9-2-1-5-17-7-9/h3-4,6,9,17-18H,1-2,5,7H2. The van der Waals surface area contributed by atoms with Crippen LogP contribution in [0.25, 0.3) is 0 Å². The van der Waals surface area contributed by atoms with E-state index < -0.39 is 11.7 Å². The van der Waals surface area contributed by atoms with Crippen LogP contribution in [-0.2, 0) is 6.18 Å². The summed E-state index contributed by atoms with van der Waals surface area (Å²) in [5, 5.41) is 6.19.